The molecule has 0 amide bonds. The number of para-hydroxylation sites is 1. The van der Waals surface area contributed by atoms with Gasteiger partial charge in [-0.15, -0.1) is 0 Å². The van der Waals surface area contributed by atoms with Gasteiger partial charge in [-0.05, 0) is 30.4 Å². The predicted molar refractivity (Wildman–Crippen MR) is 88.3 cm³/mol. The summed E-state index contributed by atoms with van der Waals surface area (Å²) in [5.41, 5.74) is -0.175. The summed E-state index contributed by atoms with van der Waals surface area (Å²) in [7, 11) is -2.21. The fraction of sp³-hybridized carbons (Fsp3) is 0.188. The molecule has 124 valence electrons. The second kappa shape index (κ2) is 8.92. The normalized spacial score (nSPS) is 13.1. The summed E-state index contributed by atoms with van der Waals surface area (Å²) < 4.78 is 29.9. The lowest BCUT2D eigenvalue weighted by Crippen LogP contribution is -2.24. The van der Waals surface area contributed by atoms with E-state index in [1.165, 1.54) is 25.5 Å². The van der Waals surface area contributed by atoms with Gasteiger partial charge in [0.25, 0.3) is 0 Å². The average molecular weight is 337 g/mol. The lowest BCUT2D eigenvalue weighted by Gasteiger charge is -2.10. The molecule has 0 heterocycles. The Morgan fingerprint density at radius 3 is 2.52 bits per heavy atom. The van der Waals surface area contributed by atoms with Gasteiger partial charge in [-0.3, -0.25) is 0 Å². The van der Waals surface area contributed by atoms with Crippen LogP contribution in [0, 0.1) is 0 Å². The number of aliphatic carboxylic acids is 1. The molecule has 0 saturated carbocycles. The van der Waals surface area contributed by atoms with Crippen LogP contribution in [-0.4, -0.2) is 37.4 Å². The van der Waals surface area contributed by atoms with E-state index in [4.69, 9.17) is 9.84 Å². The molecule has 0 saturated heterocycles. The van der Waals surface area contributed by atoms with E-state index >= 15 is 0 Å². The minimum atomic E-state index is -3.62. The highest BCUT2D eigenvalue weighted by atomic mass is 32.2. The highest BCUT2D eigenvalue weighted by molar-refractivity contribution is 7.92. The van der Waals surface area contributed by atoms with Crippen molar-refractivity contribution < 1.29 is 23.1 Å². The number of allylic oxidation sites excluding steroid dienone is 2. The van der Waals surface area contributed by atoms with Crippen molar-refractivity contribution in [1.82, 2.24) is 4.31 Å². The average Bonchev–Trinajstić information content (AvgIpc) is 2.53. The third-order valence-corrected chi connectivity index (χ3v) is 4.46. The van der Waals surface area contributed by atoms with Crippen molar-refractivity contribution in [1.29, 1.82) is 0 Å². The number of carbonyl (C=O) groups is 1. The Labute approximate surface area is 136 Å². The van der Waals surface area contributed by atoms with Crippen molar-refractivity contribution in [2.75, 3.05) is 13.6 Å². The lowest BCUT2D eigenvalue weighted by molar-refractivity contribution is -0.132. The van der Waals surface area contributed by atoms with Crippen LogP contribution in [-0.2, 0) is 14.8 Å². The molecule has 0 aliphatic rings. The quantitative estimate of drug-likeness (QED) is 0.447. The Bertz CT molecular complexity index is 705. The maximum absolute atomic E-state index is 11.8. The Morgan fingerprint density at radius 1 is 1.30 bits per heavy atom. The third kappa shape index (κ3) is 6.50. The van der Waals surface area contributed by atoms with Crippen molar-refractivity contribution >= 4 is 16.0 Å². The van der Waals surface area contributed by atoms with Crippen molar-refractivity contribution in [3.05, 3.63) is 65.8 Å². The molecule has 0 aromatic heterocycles. The Morgan fingerprint density at radius 2 is 1.96 bits per heavy atom. The first-order valence-corrected chi connectivity index (χ1v) is 8.33. The largest absolute Gasteiger partial charge is 0.478 e. The zero-order valence-corrected chi connectivity index (χ0v) is 13.7. The number of ether oxygens (including phenoxy) is 1. The summed E-state index contributed by atoms with van der Waals surface area (Å²) in [6.07, 6.45) is 5.00. The van der Waals surface area contributed by atoms with Gasteiger partial charge in [0.1, 0.15) is 5.75 Å². The van der Waals surface area contributed by atoms with Crippen molar-refractivity contribution in [2.45, 2.75) is 6.92 Å². The third-order valence-electron chi connectivity index (χ3n) is 2.85. The molecule has 0 unspecified atom stereocenters. The topological polar surface area (TPSA) is 83.9 Å². The van der Waals surface area contributed by atoms with Gasteiger partial charge in [-0.2, -0.15) is 0 Å². The van der Waals surface area contributed by atoms with Crippen LogP contribution in [0.2, 0.25) is 0 Å². The van der Waals surface area contributed by atoms with Crippen LogP contribution in [0.15, 0.2) is 65.8 Å². The Hall–Kier alpha value is -2.38. The van der Waals surface area contributed by atoms with E-state index in [1.807, 2.05) is 6.07 Å². The summed E-state index contributed by atoms with van der Waals surface area (Å²) in [6, 6.07) is 8.95. The Kier molecular flexibility index (Phi) is 7.24. The SMILES string of the molecule is CCN(C)S(=O)(=O)/C=C/C(=C\C=C\Oc1ccccc1)C(=O)O. The zero-order valence-electron chi connectivity index (χ0n) is 12.9. The van der Waals surface area contributed by atoms with Gasteiger partial charge in [-0.1, -0.05) is 25.1 Å². The fourth-order valence-electron chi connectivity index (χ4n) is 1.40. The van der Waals surface area contributed by atoms with Gasteiger partial charge in [-0.25, -0.2) is 17.5 Å². The maximum Gasteiger partial charge on any atom is 0.335 e. The molecule has 0 aliphatic carbocycles. The number of sulfonamides is 1. The second-order valence-electron chi connectivity index (χ2n) is 4.45. The molecule has 1 aromatic rings. The first-order chi connectivity index (χ1) is 10.9. The first kappa shape index (κ1) is 18.7. The minimum Gasteiger partial charge on any atom is -0.478 e. The lowest BCUT2D eigenvalue weighted by atomic mass is 10.2. The van der Waals surface area contributed by atoms with Crippen LogP contribution in [0.5, 0.6) is 5.75 Å². The molecule has 23 heavy (non-hydrogen) atoms. The van der Waals surface area contributed by atoms with Crippen molar-refractivity contribution in [3.63, 3.8) is 0 Å². The number of carboxylic acid groups (broad SMARTS) is 1. The van der Waals surface area contributed by atoms with E-state index in [0.29, 0.717) is 12.3 Å². The van der Waals surface area contributed by atoms with Gasteiger partial charge in [0.2, 0.25) is 10.0 Å². The minimum absolute atomic E-state index is 0.175. The van der Waals surface area contributed by atoms with E-state index in [2.05, 4.69) is 0 Å². The highest BCUT2D eigenvalue weighted by Gasteiger charge is 2.12. The molecule has 0 bridgehead atoms. The number of hydrogen-bond acceptors (Lipinski definition) is 4. The van der Waals surface area contributed by atoms with Crippen LogP contribution < -0.4 is 4.74 Å². The predicted octanol–water partition coefficient (Wildman–Crippen LogP) is 2.39. The summed E-state index contributed by atoms with van der Waals surface area (Å²) in [5.74, 6) is -0.628. The smallest absolute Gasteiger partial charge is 0.335 e. The highest BCUT2D eigenvalue weighted by Crippen LogP contribution is 2.09. The van der Waals surface area contributed by atoms with Crippen LogP contribution in [0.1, 0.15) is 6.92 Å². The molecule has 1 N–H and O–H groups in total. The maximum atomic E-state index is 11.8. The molecule has 0 fully saturated rings. The molecule has 1 aromatic carbocycles. The molecule has 0 radical (unpaired) electrons. The first-order valence-electron chi connectivity index (χ1n) is 6.83. The van der Waals surface area contributed by atoms with Crippen LogP contribution in [0.25, 0.3) is 0 Å². The van der Waals surface area contributed by atoms with Gasteiger partial charge in [0.05, 0.1) is 11.8 Å². The molecule has 0 spiro atoms. The zero-order chi connectivity index (χ0) is 17.3. The van der Waals surface area contributed by atoms with Crippen molar-refractivity contribution in [2.24, 2.45) is 0 Å². The van der Waals surface area contributed by atoms with Crippen molar-refractivity contribution in [3.8, 4) is 5.75 Å². The van der Waals surface area contributed by atoms with E-state index in [1.54, 1.807) is 31.2 Å². The molecule has 1 rings (SSSR count). The number of hydrogen-bond donors (Lipinski definition) is 1. The van der Waals surface area contributed by atoms with Crippen LogP contribution >= 0.6 is 0 Å². The van der Waals surface area contributed by atoms with E-state index in [0.717, 1.165) is 15.8 Å². The number of carboxylic acids is 1. The van der Waals surface area contributed by atoms with Gasteiger partial charge in [0, 0.05) is 19.0 Å². The second-order valence-corrected chi connectivity index (χ2v) is 6.37. The van der Waals surface area contributed by atoms with Gasteiger partial charge < -0.3 is 9.84 Å². The molecular formula is C16H19NO5S. The van der Waals surface area contributed by atoms with Crippen LogP contribution in [0.3, 0.4) is 0 Å². The molecule has 0 atom stereocenters. The number of nitrogens with zero attached hydrogens (tertiary/aromatic N) is 1. The number of benzene rings is 1. The Balaban J connectivity index is 2.80. The molecule has 7 heteroatoms. The van der Waals surface area contributed by atoms with Crippen LogP contribution in [0.4, 0.5) is 0 Å². The van der Waals surface area contributed by atoms with E-state index < -0.39 is 16.0 Å². The molecular weight excluding hydrogens is 318 g/mol. The van der Waals surface area contributed by atoms with Gasteiger partial charge >= 0.3 is 5.97 Å². The summed E-state index contributed by atoms with van der Waals surface area (Å²) in [4.78, 5) is 11.1. The monoisotopic (exact) mass is 337 g/mol. The molecule has 6 nitrogen and oxygen atoms in total. The summed E-state index contributed by atoms with van der Waals surface area (Å²) >= 11 is 0. The van der Waals surface area contributed by atoms with E-state index in [-0.39, 0.29) is 5.57 Å². The molecule has 0 aliphatic heterocycles. The number of rotatable bonds is 8. The fourth-order valence-corrected chi connectivity index (χ4v) is 2.29. The summed E-state index contributed by atoms with van der Waals surface area (Å²) in [5, 5.41) is 9.94. The van der Waals surface area contributed by atoms with Gasteiger partial charge in [0.15, 0.2) is 0 Å². The summed E-state index contributed by atoms with van der Waals surface area (Å²) in [6.45, 7) is 1.98. The van der Waals surface area contributed by atoms with E-state index in [9.17, 15) is 13.2 Å². The standard InChI is InChI=1S/C16H19NO5S/c1-3-17(2)23(20,21)13-11-14(16(18)19)8-7-12-22-15-9-5-4-6-10-15/h4-13H,3H2,1-2H3,(H,18,19)/b12-7+,13-11+,14-8+.